The van der Waals surface area contributed by atoms with Gasteiger partial charge in [-0.1, -0.05) is 27.2 Å². The van der Waals surface area contributed by atoms with Crippen LogP contribution in [0, 0.1) is 5.41 Å². The van der Waals surface area contributed by atoms with Gasteiger partial charge in [0.15, 0.2) is 0 Å². The van der Waals surface area contributed by atoms with Crippen molar-refractivity contribution >= 4 is 0 Å². The first-order chi connectivity index (χ1) is 5.70. The summed E-state index contributed by atoms with van der Waals surface area (Å²) in [5, 5.41) is 0. The first kappa shape index (κ1) is 10.0. The Hall–Kier alpha value is -0.0400. The fourth-order valence-electron chi connectivity index (χ4n) is 1.64. The van der Waals surface area contributed by atoms with E-state index in [1.807, 2.05) is 0 Å². The van der Waals surface area contributed by atoms with Crippen molar-refractivity contribution in [2.24, 2.45) is 5.41 Å². The molecule has 0 bridgehead atoms. The maximum Gasteiger partial charge on any atom is 0.00352 e. The lowest BCUT2D eigenvalue weighted by molar-refractivity contribution is 0.235. The summed E-state index contributed by atoms with van der Waals surface area (Å²) < 4.78 is 0. The molecule has 1 saturated carbocycles. The predicted octanol–water partition coefficient (Wildman–Crippen LogP) is 2.91. The van der Waals surface area contributed by atoms with Crippen LogP contribution in [-0.4, -0.2) is 24.5 Å². The first-order valence-electron chi connectivity index (χ1n) is 5.42. The molecule has 0 aliphatic heterocycles. The van der Waals surface area contributed by atoms with Gasteiger partial charge in [0.2, 0.25) is 0 Å². The summed E-state index contributed by atoms with van der Waals surface area (Å²) in [6, 6.07) is 0. The van der Waals surface area contributed by atoms with E-state index in [4.69, 9.17) is 0 Å². The Morgan fingerprint density at radius 1 is 1.25 bits per heavy atom. The Balaban J connectivity index is 2.16. The van der Waals surface area contributed by atoms with Gasteiger partial charge in [0.1, 0.15) is 0 Å². The fraction of sp³-hybridized carbons (Fsp3) is 1.00. The quantitative estimate of drug-likeness (QED) is 0.591. The second kappa shape index (κ2) is 4.27. The van der Waals surface area contributed by atoms with Crippen molar-refractivity contribution in [3.63, 3.8) is 0 Å². The Kier molecular flexibility index (Phi) is 3.57. The van der Waals surface area contributed by atoms with E-state index in [0.717, 1.165) is 0 Å². The molecule has 0 unspecified atom stereocenters. The zero-order valence-corrected chi connectivity index (χ0v) is 8.90. The maximum atomic E-state index is 2.61. The summed E-state index contributed by atoms with van der Waals surface area (Å²) >= 11 is 0. The second-order valence-electron chi connectivity index (χ2n) is 4.53. The molecule has 0 amide bonds. The average Bonchev–Trinajstić information content (AvgIpc) is 2.77. The average molecular weight is 169 g/mol. The molecular weight excluding hydrogens is 146 g/mol. The van der Waals surface area contributed by atoms with Crippen LogP contribution in [0.4, 0.5) is 0 Å². The highest BCUT2D eigenvalue weighted by Crippen LogP contribution is 2.45. The van der Waals surface area contributed by atoms with Gasteiger partial charge < -0.3 is 4.90 Å². The third kappa shape index (κ3) is 3.14. The van der Waals surface area contributed by atoms with Gasteiger partial charge in [-0.2, -0.15) is 0 Å². The molecule has 1 rings (SSSR count). The molecule has 0 aromatic rings. The summed E-state index contributed by atoms with van der Waals surface area (Å²) in [5.41, 5.74) is 0.698. The number of hydrogen-bond acceptors (Lipinski definition) is 1. The van der Waals surface area contributed by atoms with Gasteiger partial charge >= 0.3 is 0 Å². The molecule has 0 heterocycles. The minimum absolute atomic E-state index is 0.698. The Morgan fingerprint density at radius 2 is 1.92 bits per heavy atom. The normalized spacial score (nSPS) is 20.0. The van der Waals surface area contributed by atoms with Crippen molar-refractivity contribution in [3.8, 4) is 0 Å². The maximum absolute atomic E-state index is 2.61. The van der Waals surface area contributed by atoms with Crippen LogP contribution in [0.3, 0.4) is 0 Å². The summed E-state index contributed by atoms with van der Waals surface area (Å²) in [5.74, 6) is 0. The minimum atomic E-state index is 0.698. The van der Waals surface area contributed by atoms with Crippen LogP contribution in [0.2, 0.25) is 0 Å². The predicted molar refractivity (Wildman–Crippen MR) is 54.4 cm³/mol. The number of hydrogen-bond donors (Lipinski definition) is 0. The Labute approximate surface area is 77.1 Å². The molecule has 0 radical (unpaired) electrons. The lowest BCUT2D eigenvalue weighted by Gasteiger charge is -2.23. The van der Waals surface area contributed by atoms with E-state index in [1.54, 1.807) is 0 Å². The number of rotatable bonds is 6. The van der Waals surface area contributed by atoms with Crippen molar-refractivity contribution in [1.29, 1.82) is 0 Å². The molecule has 0 saturated heterocycles. The monoisotopic (exact) mass is 169 g/mol. The summed E-state index contributed by atoms with van der Waals surface area (Å²) in [6.45, 7) is 10.8. The smallest absolute Gasteiger partial charge is 0.00352 e. The van der Waals surface area contributed by atoms with E-state index in [2.05, 4.69) is 25.7 Å². The molecule has 1 heteroatoms. The van der Waals surface area contributed by atoms with Crippen molar-refractivity contribution in [2.45, 2.75) is 46.5 Å². The Bertz CT molecular complexity index is 127. The van der Waals surface area contributed by atoms with Crippen LogP contribution in [0.5, 0.6) is 0 Å². The van der Waals surface area contributed by atoms with Crippen LogP contribution in [0.1, 0.15) is 46.5 Å². The summed E-state index contributed by atoms with van der Waals surface area (Å²) in [7, 11) is 0. The van der Waals surface area contributed by atoms with Gasteiger partial charge in [0.05, 0.1) is 0 Å². The fourth-order valence-corrected chi connectivity index (χ4v) is 1.64. The zero-order valence-electron chi connectivity index (χ0n) is 8.90. The van der Waals surface area contributed by atoms with Gasteiger partial charge in [-0.25, -0.2) is 0 Å². The van der Waals surface area contributed by atoms with E-state index in [9.17, 15) is 0 Å². The zero-order chi connectivity index (χ0) is 9.03. The molecular formula is C11H23N. The van der Waals surface area contributed by atoms with Gasteiger partial charge in [-0.15, -0.1) is 0 Å². The van der Waals surface area contributed by atoms with Crippen molar-refractivity contribution in [1.82, 2.24) is 4.90 Å². The topological polar surface area (TPSA) is 3.24 Å². The number of unbranched alkanes of at least 4 members (excludes halogenated alkanes) is 1. The molecule has 0 atom stereocenters. The van der Waals surface area contributed by atoms with Crippen LogP contribution in [-0.2, 0) is 0 Å². The van der Waals surface area contributed by atoms with E-state index < -0.39 is 0 Å². The molecule has 0 N–H and O–H groups in total. The molecule has 1 aliphatic carbocycles. The lowest BCUT2D eigenvalue weighted by Crippen LogP contribution is -2.30. The van der Waals surface area contributed by atoms with Crippen molar-refractivity contribution in [2.75, 3.05) is 19.6 Å². The SMILES string of the molecule is CCCCN(CC)CC1(C)CC1. The largest absolute Gasteiger partial charge is 0.303 e. The van der Waals surface area contributed by atoms with Crippen LogP contribution < -0.4 is 0 Å². The molecule has 0 aromatic carbocycles. The minimum Gasteiger partial charge on any atom is -0.303 e. The standard InChI is InChI=1S/C11H23N/c1-4-6-9-12(5-2)10-11(3)7-8-11/h4-10H2,1-3H3. The molecule has 72 valence electrons. The summed E-state index contributed by atoms with van der Waals surface area (Å²) in [6.07, 6.45) is 5.60. The van der Waals surface area contributed by atoms with Gasteiger partial charge in [-0.05, 0) is 37.8 Å². The molecule has 1 nitrogen and oxygen atoms in total. The Morgan fingerprint density at radius 3 is 2.33 bits per heavy atom. The third-order valence-electron chi connectivity index (χ3n) is 2.98. The van der Waals surface area contributed by atoms with E-state index in [1.165, 1.54) is 45.3 Å². The highest BCUT2D eigenvalue weighted by molar-refractivity contribution is 4.90. The highest BCUT2D eigenvalue weighted by Gasteiger charge is 2.38. The molecule has 0 spiro atoms. The lowest BCUT2D eigenvalue weighted by atomic mass is 10.1. The second-order valence-corrected chi connectivity index (χ2v) is 4.53. The summed E-state index contributed by atoms with van der Waals surface area (Å²) in [4.78, 5) is 2.61. The molecule has 1 aliphatic rings. The van der Waals surface area contributed by atoms with Gasteiger partial charge in [-0.3, -0.25) is 0 Å². The van der Waals surface area contributed by atoms with Crippen molar-refractivity contribution in [3.05, 3.63) is 0 Å². The van der Waals surface area contributed by atoms with Crippen LogP contribution in [0.25, 0.3) is 0 Å². The van der Waals surface area contributed by atoms with E-state index in [-0.39, 0.29) is 0 Å². The van der Waals surface area contributed by atoms with Crippen LogP contribution in [0.15, 0.2) is 0 Å². The van der Waals surface area contributed by atoms with Crippen molar-refractivity contribution < 1.29 is 0 Å². The first-order valence-corrected chi connectivity index (χ1v) is 5.42. The molecule has 12 heavy (non-hydrogen) atoms. The van der Waals surface area contributed by atoms with E-state index in [0.29, 0.717) is 5.41 Å². The third-order valence-corrected chi connectivity index (χ3v) is 2.98. The van der Waals surface area contributed by atoms with Crippen LogP contribution >= 0.6 is 0 Å². The van der Waals surface area contributed by atoms with Gasteiger partial charge in [0, 0.05) is 6.54 Å². The van der Waals surface area contributed by atoms with Gasteiger partial charge in [0.25, 0.3) is 0 Å². The van der Waals surface area contributed by atoms with E-state index >= 15 is 0 Å². The molecule has 0 aromatic heterocycles. The number of nitrogens with zero attached hydrogens (tertiary/aromatic N) is 1. The molecule has 1 fully saturated rings. The highest BCUT2D eigenvalue weighted by atomic mass is 15.1.